The van der Waals surface area contributed by atoms with Gasteiger partial charge in [0.15, 0.2) is 0 Å². The van der Waals surface area contributed by atoms with Gasteiger partial charge in [-0.05, 0) is 67.3 Å². The molecule has 1 heterocycles. The molecule has 0 saturated heterocycles. The zero-order valence-corrected chi connectivity index (χ0v) is 9.37. The van der Waals surface area contributed by atoms with Crippen LogP contribution in [0.3, 0.4) is 0 Å². The molecule has 0 amide bonds. The molecular weight excluding hydrogens is 184 g/mol. The van der Waals surface area contributed by atoms with Crippen molar-refractivity contribution < 1.29 is 4.74 Å². The van der Waals surface area contributed by atoms with E-state index in [0.717, 1.165) is 31.0 Å². The Morgan fingerprint density at radius 1 is 1.00 bits per heavy atom. The highest BCUT2D eigenvalue weighted by atomic mass is 16.5. The van der Waals surface area contributed by atoms with Gasteiger partial charge < -0.3 is 4.74 Å². The van der Waals surface area contributed by atoms with E-state index < -0.39 is 0 Å². The highest BCUT2D eigenvalue weighted by molar-refractivity contribution is 5.23. The third-order valence-corrected chi connectivity index (χ3v) is 5.42. The quantitative estimate of drug-likeness (QED) is 0.596. The first-order chi connectivity index (χ1) is 7.34. The van der Waals surface area contributed by atoms with Crippen LogP contribution in [0.15, 0.2) is 11.6 Å². The summed E-state index contributed by atoms with van der Waals surface area (Å²) in [6.07, 6.45) is 11.5. The molecule has 1 aliphatic heterocycles. The van der Waals surface area contributed by atoms with Gasteiger partial charge in [-0.15, -0.1) is 0 Å². The van der Waals surface area contributed by atoms with E-state index in [-0.39, 0.29) is 0 Å². The van der Waals surface area contributed by atoms with Crippen LogP contribution in [0.2, 0.25) is 0 Å². The minimum Gasteiger partial charge on any atom is -0.373 e. The van der Waals surface area contributed by atoms with Crippen LogP contribution in [-0.2, 0) is 4.74 Å². The largest absolute Gasteiger partial charge is 0.373 e. The van der Waals surface area contributed by atoms with Gasteiger partial charge in [-0.2, -0.15) is 0 Å². The smallest absolute Gasteiger partial charge is 0.0687 e. The van der Waals surface area contributed by atoms with Crippen molar-refractivity contribution in [3.63, 3.8) is 0 Å². The average molecular weight is 204 g/mol. The van der Waals surface area contributed by atoms with Crippen molar-refractivity contribution >= 4 is 0 Å². The highest BCUT2D eigenvalue weighted by Crippen LogP contribution is 2.62. The summed E-state index contributed by atoms with van der Waals surface area (Å²) < 4.78 is 5.55. The lowest BCUT2D eigenvalue weighted by molar-refractivity contribution is -0.0341. The Kier molecular flexibility index (Phi) is 1.69. The summed E-state index contributed by atoms with van der Waals surface area (Å²) in [4.78, 5) is 0. The van der Waals surface area contributed by atoms with Crippen LogP contribution >= 0.6 is 0 Å². The first-order valence-electron chi connectivity index (χ1n) is 6.61. The van der Waals surface area contributed by atoms with Gasteiger partial charge in [-0.1, -0.05) is 6.08 Å². The van der Waals surface area contributed by atoms with Crippen molar-refractivity contribution in [3.05, 3.63) is 11.6 Å². The van der Waals surface area contributed by atoms with Crippen molar-refractivity contribution in [1.29, 1.82) is 0 Å². The normalized spacial score (nSPS) is 52.3. The zero-order chi connectivity index (χ0) is 9.88. The van der Waals surface area contributed by atoms with Crippen LogP contribution in [0, 0.1) is 23.2 Å². The van der Waals surface area contributed by atoms with Gasteiger partial charge in [-0.25, -0.2) is 0 Å². The molecule has 0 aromatic heterocycles. The molecule has 5 rings (SSSR count). The Morgan fingerprint density at radius 3 is 2.07 bits per heavy atom. The van der Waals surface area contributed by atoms with Crippen LogP contribution < -0.4 is 0 Å². The monoisotopic (exact) mass is 204 g/mol. The molecule has 4 aliphatic carbocycles. The topological polar surface area (TPSA) is 9.23 Å². The van der Waals surface area contributed by atoms with Gasteiger partial charge in [0.05, 0.1) is 13.2 Å². The molecule has 1 heteroatoms. The molecule has 0 atom stereocenters. The zero-order valence-electron chi connectivity index (χ0n) is 9.37. The Hall–Kier alpha value is -0.300. The fraction of sp³-hybridized carbons (Fsp3) is 0.857. The summed E-state index contributed by atoms with van der Waals surface area (Å²) >= 11 is 0. The summed E-state index contributed by atoms with van der Waals surface area (Å²) in [5.41, 5.74) is 2.30. The summed E-state index contributed by atoms with van der Waals surface area (Å²) in [5.74, 6) is 3.20. The number of rotatable bonds is 1. The second-order valence-electron chi connectivity index (χ2n) is 6.44. The molecule has 15 heavy (non-hydrogen) atoms. The lowest BCUT2D eigenvalue weighted by Crippen LogP contribution is -2.47. The second-order valence-corrected chi connectivity index (χ2v) is 6.44. The standard InChI is InChI=1S/C14H20O/c1-2-15-9-13(1)14-6-10-3-11(7-14)5-12(4-10)8-14/h1,10-12H,2-9H2. The number of hydrogen-bond donors (Lipinski definition) is 0. The summed E-state index contributed by atoms with van der Waals surface area (Å²) in [6.45, 7) is 1.84. The highest BCUT2D eigenvalue weighted by Gasteiger charge is 2.52. The lowest BCUT2D eigenvalue weighted by atomic mass is 9.48. The molecule has 5 aliphatic rings. The van der Waals surface area contributed by atoms with E-state index in [1.807, 2.05) is 0 Å². The van der Waals surface area contributed by atoms with Crippen LogP contribution in [0.5, 0.6) is 0 Å². The van der Waals surface area contributed by atoms with Gasteiger partial charge in [0.25, 0.3) is 0 Å². The predicted octanol–water partition coefficient (Wildman–Crippen LogP) is 3.16. The SMILES string of the molecule is C1=C(C23CC4CC(CC(C4)C2)C3)COC1. The van der Waals surface area contributed by atoms with E-state index in [2.05, 4.69) is 6.08 Å². The van der Waals surface area contributed by atoms with E-state index in [1.54, 1.807) is 24.8 Å². The first-order valence-corrected chi connectivity index (χ1v) is 6.61. The van der Waals surface area contributed by atoms with Gasteiger partial charge in [-0.3, -0.25) is 0 Å². The van der Waals surface area contributed by atoms with E-state index in [1.165, 1.54) is 19.3 Å². The first kappa shape index (κ1) is 8.81. The summed E-state index contributed by atoms with van der Waals surface area (Å²) in [7, 11) is 0. The summed E-state index contributed by atoms with van der Waals surface area (Å²) in [6, 6.07) is 0. The maximum atomic E-state index is 5.55. The van der Waals surface area contributed by atoms with E-state index in [0.29, 0.717) is 5.41 Å². The van der Waals surface area contributed by atoms with Crippen LogP contribution in [0.4, 0.5) is 0 Å². The maximum Gasteiger partial charge on any atom is 0.0687 e. The van der Waals surface area contributed by atoms with E-state index in [9.17, 15) is 0 Å². The Bertz CT molecular complexity index is 280. The fourth-order valence-corrected chi connectivity index (χ4v) is 5.26. The molecule has 4 bridgehead atoms. The van der Waals surface area contributed by atoms with Gasteiger partial charge in [0.1, 0.15) is 0 Å². The maximum absolute atomic E-state index is 5.55. The van der Waals surface area contributed by atoms with Crippen molar-refractivity contribution in [2.75, 3.05) is 13.2 Å². The Balaban J connectivity index is 1.71. The molecule has 0 spiro atoms. The predicted molar refractivity (Wildman–Crippen MR) is 59.5 cm³/mol. The Morgan fingerprint density at radius 2 is 1.60 bits per heavy atom. The van der Waals surface area contributed by atoms with E-state index in [4.69, 9.17) is 4.74 Å². The lowest BCUT2D eigenvalue weighted by Gasteiger charge is -2.57. The molecule has 0 radical (unpaired) electrons. The molecule has 0 aromatic carbocycles. The molecule has 1 nitrogen and oxygen atoms in total. The molecule has 0 N–H and O–H groups in total. The van der Waals surface area contributed by atoms with Crippen molar-refractivity contribution in [2.45, 2.75) is 38.5 Å². The molecular formula is C14H20O. The third kappa shape index (κ3) is 1.19. The second kappa shape index (κ2) is 2.88. The minimum atomic E-state index is 0.616. The van der Waals surface area contributed by atoms with Crippen LogP contribution in [-0.4, -0.2) is 13.2 Å². The van der Waals surface area contributed by atoms with Crippen molar-refractivity contribution in [3.8, 4) is 0 Å². The Labute approximate surface area is 91.9 Å². The molecule has 0 aromatic rings. The van der Waals surface area contributed by atoms with Crippen molar-refractivity contribution in [1.82, 2.24) is 0 Å². The van der Waals surface area contributed by atoms with Gasteiger partial charge in [0.2, 0.25) is 0 Å². The van der Waals surface area contributed by atoms with Crippen LogP contribution in [0.1, 0.15) is 38.5 Å². The number of ether oxygens (including phenoxy) is 1. The van der Waals surface area contributed by atoms with Gasteiger partial charge >= 0.3 is 0 Å². The van der Waals surface area contributed by atoms with Crippen molar-refractivity contribution in [2.24, 2.45) is 23.2 Å². The fourth-order valence-electron chi connectivity index (χ4n) is 5.26. The minimum absolute atomic E-state index is 0.616. The molecule has 4 fully saturated rings. The average Bonchev–Trinajstić information content (AvgIpc) is 2.67. The van der Waals surface area contributed by atoms with Crippen LogP contribution in [0.25, 0.3) is 0 Å². The third-order valence-electron chi connectivity index (χ3n) is 5.42. The van der Waals surface area contributed by atoms with Gasteiger partial charge in [0, 0.05) is 0 Å². The summed E-state index contributed by atoms with van der Waals surface area (Å²) in [5, 5.41) is 0. The molecule has 0 unspecified atom stereocenters. The molecule has 82 valence electrons. The number of hydrogen-bond acceptors (Lipinski definition) is 1. The van der Waals surface area contributed by atoms with E-state index >= 15 is 0 Å². The molecule has 4 saturated carbocycles.